The quantitative estimate of drug-likeness (QED) is 0.315. The molecule has 0 unspecified atom stereocenters. The molecule has 0 saturated heterocycles. The van der Waals surface area contributed by atoms with Gasteiger partial charge in [0.1, 0.15) is 0 Å². The second-order valence-electron chi connectivity index (χ2n) is 7.65. The SMILES string of the molecule is c1ccc2c(c1)[nH]c1c3ccc(-n4c5ccccc5c5ccccc54)cc3[nH]c21. The van der Waals surface area contributed by atoms with Gasteiger partial charge in [-0.05, 0) is 36.4 Å². The summed E-state index contributed by atoms with van der Waals surface area (Å²) >= 11 is 0. The maximum atomic E-state index is 3.65. The second kappa shape index (κ2) is 5.30. The van der Waals surface area contributed by atoms with Crippen LogP contribution < -0.4 is 0 Å². The van der Waals surface area contributed by atoms with Crippen molar-refractivity contribution >= 4 is 54.6 Å². The van der Waals surface area contributed by atoms with Gasteiger partial charge in [0.25, 0.3) is 0 Å². The van der Waals surface area contributed by atoms with Crippen LogP contribution in [-0.4, -0.2) is 14.5 Å². The lowest BCUT2D eigenvalue weighted by molar-refractivity contribution is 1.18. The fraction of sp³-hybridized carbons (Fsp3) is 0. The molecule has 0 aliphatic carbocycles. The number of aromatic amines is 2. The van der Waals surface area contributed by atoms with Crippen LogP contribution in [0.25, 0.3) is 60.3 Å². The Balaban J connectivity index is 1.57. The number of fused-ring (bicyclic) bond motifs is 8. The summed E-state index contributed by atoms with van der Waals surface area (Å²) in [5.41, 5.74) is 8.30. The Morgan fingerprint density at radius 2 is 1.03 bits per heavy atom. The Morgan fingerprint density at radius 1 is 0.483 bits per heavy atom. The first-order valence-electron chi connectivity index (χ1n) is 9.89. The Labute approximate surface area is 166 Å². The van der Waals surface area contributed by atoms with Crippen molar-refractivity contribution in [2.45, 2.75) is 0 Å². The van der Waals surface area contributed by atoms with Crippen molar-refractivity contribution in [3.05, 3.63) is 91.0 Å². The zero-order valence-corrected chi connectivity index (χ0v) is 15.6. The number of nitrogens with zero attached hydrogens (tertiary/aromatic N) is 1. The summed E-state index contributed by atoms with van der Waals surface area (Å²) in [6.07, 6.45) is 0. The van der Waals surface area contributed by atoms with Crippen LogP contribution in [0.15, 0.2) is 91.0 Å². The van der Waals surface area contributed by atoms with E-state index in [0.717, 1.165) is 5.52 Å². The molecular formula is C26H17N3. The lowest BCUT2D eigenvalue weighted by Gasteiger charge is -2.08. The van der Waals surface area contributed by atoms with Gasteiger partial charge in [-0.2, -0.15) is 0 Å². The van der Waals surface area contributed by atoms with Crippen molar-refractivity contribution in [1.82, 2.24) is 14.5 Å². The molecule has 29 heavy (non-hydrogen) atoms. The molecule has 0 aliphatic heterocycles. The van der Waals surface area contributed by atoms with E-state index in [1.54, 1.807) is 0 Å². The summed E-state index contributed by atoms with van der Waals surface area (Å²) in [5, 5.41) is 5.03. The minimum absolute atomic E-state index is 1.15. The van der Waals surface area contributed by atoms with Crippen molar-refractivity contribution in [2.75, 3.05) is 0 Å². The predicted octanol–water partition coefficient (Wildman–Crippen LogP) is 6.90. The Kier molecular flexibility index (Phi) is 2.74. The molecule has 4 aromatic carbocycles. The molecule has 3 heteroatoms. The molecular weight excluding hydrogens is 354 g/mol. The van der Waals surface area contributed by atoms with E-state index < -0.39 is 0 Å². The van der Waals surface area contributed by atoms with Gasteiger partial charge >= 0.3 is 0 Å². The largest absolute Gasteiger partial charge is 0.353 e. The Morgan fingerprint density at radius 3 is 1.76 bits per heavy atom. The summed E-state index contributed by atoms with van der Waals surface area (Å²) in [6.45, 7) is 0. The predicted molar refractivity (Wildman–Crippen MR) is 122 cm³/mol. The van der Waals surface area contributed by atoms with Crippen molar-refractivity contribution in [3.8, 4) is 5.69 Å². The molecule has 0 amide bonds. The third-order valence-corrected chi connectivity index (χ3v) is 6.08. The van der Waals surface area contributed by atoms with Crippen molar-refractivity contribution < 1.29 is 0 Å². The number of H-pyrrole nitrogens is 2. The third-order valence-electron chi connectivity index (χ3n) is 6.08. The van der Waals surface area contributed by atoms with Crippen molar-refractivity contribution in [3.63, 3.8) is 0 Å². The van der Waals surface area contributed by atoms with E-state index in [1.165, 1.54) is 54.8 Å². The van der Waals surface area contributed by atoms with Crippen LogP contribution in [-0.2, 0) is 0 Å². The molecule has 0 spiro atoms. The number of rotatable bonds is 1. The molecule has 0 saturated carbocycles. The van der Waals surface area contributed by atoms with E-state index in [1.807, 2.05) is 0 Å². The summed E-state index contributed by atoms with van der Waals surface area (Å²) in [4.78, 5) is 7.23. The average molecular weight is 371 g/mol. The first-order valence-corrected chi connectivity index (χ1v) is 9.89. The van der Waals surface area contributed by atoms with E-state index in [4.69, 9.17) is 0 Å². The van der Waals surface area contributed by atoms with Gasteiger partial charge < -0.3 is 14.5 Å². The highest BCUT2D eigenvalue weighted by Gasteiger charge is 2.14. The smallest absolute Gasteiger partial charge is 0.0725 e. The lowest BCUT2D eigenvalue weighted by atomic mass is 10.2. The maximum absolute atomic E-state index is 3.65. The third kappa shape index (κ3) is 1.91. The van der Waals surface area contributed by atoms with Crippen molar-refractivity contribution in [1.29, 1.82) is 0 Å². The standard InChI is InChI=1S/C26H17N3/c1-4-10-21-19(9-1)25-26(27-21)20-14-13-16(15-22(20)28-25)29-23-11-5-2-7-17(23)18-8-3-6-12-24(18)29/h1-15,27-28H. The topological polar surface area (TPSA) is 36.5 Å². The normalized spacial score (nSPS) is 12.1. The zero-order chi connectivity index (χ0) is 18.9. The molecule has 2 N–H and O–H groups in total. The maximum Gasteiger partial charge on any atom is 0.0725 e. The molecule has 0 aliphatic rings. The average Bonchev–Trinajstić information content (AvgIpc) is 3.41. The summed E-state index contributed by atoms with van der Waals surface area (Å²) < 4.78 is 2.36. The molecule has 7 rings (SSSR count). The summed E-state index contributed by atoms with van der Waals surface area (Å²) in [7, 11) is 0. The molecule has 3 aromatic heterocycles. The first kappa shape index (κ1) is 15.0. The van der Waals surface area contributed by atoms with Gasteiger partial charge in [-0.25, -0.2) is 0 Å². The Hall–Kier alpha value is -3.98. The van der Waals surface area contributed by atoms with Gasteiger partial charge in [-0.15, -0.1) is 0 Å². The molecule has 3 heterocycles. The van der Waals surface area contributed by atoms with Crippen LogP contribution in [0.3, 0.4) is 0 Å². The van der Waals surface area contributed by atoms with Crippen molar-refractivity contribution in [2.24, 2.45) is 0 Å². The fourth-order valence-corrected chi connectivity index (χ4v) is 4.80. The number of benzene rings is 4. The van der Waals surface area contributed by atoms with E-state index in [2.05, 4.69) is 106 Å². The molecule has 0 bridgehead atoms. The highest BCUT2D eigenvalue weighted by atomic mass is 15.0. The van der Waals surface area contributed by atoms with E-state index >= 15 is 0 Å². The van der Waals surface area contributed by atoms with Gasteiger partial charge in [-0.1, -0.05) is 54.6 Å². The molecule has 0 fully saturated rings. The van der Waals surface area contributed by atoms with Crippen LogP contribution in [0.1, 0.15) is 0 Å². The van der Waals surface area contributed by atoms with Crippen LogP contribution in [0.5, 0.6) is 0 Å². The fourth-order valence-electron chi connectivity index (χ4n) is 4.80. The van der Waals surface area contributed by atoms with Gasteiger partial charge in [-0.3, -0.25) is 0 Å². The van der Waals surface area contributed by atoms with Crippen LogP contribution in [0.4, 0.5) is 0 Å². The summed E-state index contributed by atoms with van der Waals surface area (Å²) in [5.74, 6) is 0. The molecule has 7 aromatic rings. The van der Waals surface area contributed by atoms with E-state index in [9.17, 15) is 0 Å². The van der Waals surface area contributed by atoms with Gasteiger partial charge in [0, 0.05) is 32.7 Å². The number of hydrogen-bond acceptors (Lipinski definition) is 0. The molecule has 0 atom stereocenters. The van der Waals surface area contributed by atoms with E-state index in [-0.39, 0.29) is 0 Å². The highest BCUT2D eigenvalue weighted by Crippen LogP contribution is 2.35. The molecule has 3 nitrogen and oxygen atoms in total. The van der Waals surface area contributed by atoms with E-state index in [0.29, 0.717) is 0 Å². The number of para-hydroxylation sites is 3. The molecule has 0 radical (unpaired) electrons. The minimum Gasteiger partial charge on any atom is -0.353 e. The number of nitrogens with one attached hydrogen (secondary N) is 2. The van der Waals surface area contributed by atoms with Gasteiger partial charge in [0.15, 0.2) is 0 Å². The highest BCUT2D eigenvalue weighted by molar-refractivity contribution is 6.17. The van der Waals surface area contributed by atoms with Crippen LogP contribution >= 0.6 is 0 Å². The zero-order valence-electron chi connectivity index (χ0n) is 15.6. The van der Waals surface area contributed by atoms with Crippen LogP contribution in [0.2, 0.25) is 0 Å². The second-order valence-corrected chi connectivity index (χ2v) is 7.65. The number of aromatic nitrogens is 3. The number of hydrogen-bond donors (Lipinski definition) is 2. The Bertz CT molecular complexity index is 1660. The van der Waals surface area contributed by atoms with Gasteiger partial charge in [0.2, 0.25) is 0 Å². The monoisotopic (exact) mass is 371 g/mol. The first-order chi connectivity index (χ1) is 14.4. The van der Waals surface area contributed by atoms with Gasteiger partial charge in [0.05, 0.1) is 27.6 Å². The summed E-state index contributed by atoms with van der Waals surface area (Å²) in [6, 6.07) is 32.4. The van der Waals surface area contributed by atoms with Crippen LogP contribution in [0, 0.1) is 0 Å². The lowest BCUT2D eigenvalue weighted by Crippen LogP contribution is -1.93. The minimum atomic E-state index is 1.15. The molecule has 136 valence electrons.